The Kier molecular flexibility index (Phi) is 5.05. The number of anilines is 1. The Balaban J connectivity index is 1.58. The van der Waals surface area contributed by atoms with Crippen molar-refractivity contribution in [2.45, 2.75) is 6.42 Å². The van der Waals surface area contributed by atoms with Crippen LogP contribution in [0.4, 0.5) is 5.82 Å². The Morgan fingerprint density at radius 1 is 1.04 bits per heavy atom. The van der Waals surface area contributed by atoms with Gasteiger partial charge >= 0.3 is 0 Å². The zero-order valence-corrected chi connectivity index (χ0v) is 15.8. The summed E-state index contributed by atoms with van der Waals surface area (Å²) in [5.74, 6) is 2.36. The van der Waals surface area contributed by atoms with Crippen molar-refractivity contribution in [2.75, 3.05) is 26.1 Å². The predicted molar refractivity (Wildman–Crippen MR) is 108 cm³/mol. The molecule has 28 heavy (non-hydrogen) atoms. The molecule has 0 bridgehead atoms. The van der Waals surface area contributed by atoms with Crippen molar-refractivity contribution < 1.29 is 9.47 Å². The molecule has 0 atom stereocenters. The molecule has 0 radical (unpaired) electrons. The topological polar surface area (TPSA) is 73.6 Å². The lowest BCUT2D eigenvalue weighted by molar-refractivity contribution is 0.354. The van der Waals surface area contributed by atoms with Crippen LogP contribution in [0.25, 0.3) is 17.0 Å². The smallest absolute Gasteiger partial charge is 0.160 e. The summed E-state index contributed by atoms with van der Waals surface area (Å²) in [6.07, 6.45) is 7.97. The van der Waals surface area contributed by atoms with Crippen molar-refractivity contribution in [1.29, 1.82) is 0 Å². The van der Waals surface area contributed by atoms with Gasteiger partial charge in [-0.25, -0.2) is 4.98 Å². The number of benzene rings is 1. The molecule has 0 aliphatic heterocycles. The number of rotatable bonds is 7. The molecule has 4 rings (SSSR count). The Bertz CT molecular complexity index is 1080. The van der Waals surface area contributed by atoms with Crippen LogP contribution in [0.5, 0.6) is 11.5 Å². The summed E-state index contributed by atoms with van der Waals surface area (Å²) in [5.41, 5.74) is 3.55. The minimum atomic E-state index is 0.728. The monoisotopic (exact) mass is 375 g/mol. The van der Waals surface area contributed by atoms with Gasteiger partial charge in [0.05, 0.1) is 26.1 Å². The number of ether oxygens (including phenoxy) is 2. The third-order valence-electron chi connectivity index (χ3n) is 4.49. The maximum atomic E-state index is 5.39. The lowest BCUT2D eigenvalue weighted by Gasteiger charge is -2.11. The molecule has 0 spiro atoms. The van der Waals surface area contributed by atoms with Gasteiger partial charge in [-0.05, 0) is 36.2 Å². The molecule has 0 fully saturated rings. The molecule has 0 amide bonds. The van der Waals surface area contributed by atoms with Gasteiger partial charge in [0.1, 0.15) is 11.5 Å². The molecule has 0 saturated heterocycles. The van der Waals surface area contributed by atoms with Crippen LogP contribution in [0.15, 0.2) is 61.2 Å². The lowest BCUT2D eigenvalue weighted by atomic mass is 10.1. The van der Waals surface area contributed by atoms with Gasteiger partial charge in [-0.1, -0.05) is 12.1 Å². The number of pyridine rings is 1. The first-order valence-corrected chi connectivity index (χ1v) is 8.98. The minimum absolute atomic E-state index is 0.728. The summed E-state index contributed by atoms with van der Waals surface area (Å²) in [7, 11) is 3.28. The van der Waals surface area contributed by atoms with Crippen molar-refractivity contribution in [3.8, 4) is 22.9 Å². The van der Waals surface area contributed by atoms with Gasteiger partial charge in [0.2, 0.25) is 0 Å². The van der Waals surface area contributed by atoms with Crippen LogP contribution in [0.1, 0.15) is 5.56 Å². The Hall–Kier alpha value is -3.61. The van der Waals surface area contributed by atoms with Crippen LogP contribution in [-0.4, -0.2) is 40.1 Å². The number of nitrogens with one attached hydrogen (secondary N) is 1. The maximum absolute atomic E-state index is 5.39. The zero-order valence-electron chi connectivity index (χ0n) is 15.8. The van der Waals surface area contributed by atoms with Gasteiger partial charge in [0.25, 0.3) is 0 Å². The van der Waals surface area contributed by atoms with E-state index in [9.17, 15) is 0 Å². The second kappa shape index (κ2) is 7.96. The molecule has 4 aromatic rings. The van der Waals surface area contributed by atoms with Gasteiger partial charge in [0.15, 0.2) is 17.1 Å². The average Bonchev–Trinajstić information content (AvgIpc) is 3.13. The van der Waals surface area contributed by atoms with Gasteiger partial charge < -0.3 is 14.8 Å². The first-order chi connectivity index (χ1) is 13.8. The van der Waals surface area contributed by atoms with Crippen molar-refractivity contribution in [1.82, 2.24) is 19.4 Å². The fourth-order valence-corrected chi connectivity index (χ4v) is 3.12. The molecule has 1 N–H and O–H groups in total. The highest BCUT2D eigenvalue weighted by molar-refractivity contribution is 5.73. The van der Waals surface area contributed by atoms with Crippen molar-refractivity contribution in [2.24, 2.45) is 0 Å². The fourth-order valence-electron chi connectivity index (χ4n) is 3.12. The lowest BCUT2D eigenvalue weighted by Crippen LogP contribution is -2.08. The van der Waals surface area contributed by atoms with E-state index in [-0.39, 0.29) is 0 Å². The predicted octanol–water partition coefficient (Wildman–Crippen LogP) is 3.46. The number of hydrogen-bond donors (Lipinski definition) is 1. The number of fused-ring (bicyclic) bond motifs is 1. The molecule has 1 aromatic carbocycles. The third-order valence-corrected chi connectivity index (χ3v) is 4.49. The van der Waals surface area contributed by atoms with E-state index in [2.05, 4.69) is 15.3 Å². The maximum Gasteiger partial charge on any atom is 0.160 e. The van der Waals surface area contributed by atoms with Crippen LogP contribution in [0.3, 0.4) is 0 Å². The van der Waals surface area contributed by atoms with E-state index in [0.717, 1.165) is 52.9 Å². The molecular weight excluding hydrogens is 354 g/mol. The average molecular weight is 375 g/mol. The van der Waals surface area contributed by atoms with Gasteiger partial charge in [0, 0.05) is 25.1 Å². The molecule has 3 aromatic heterocycles. The molecule has 142 valence electrons. The Morgan fingerprint density at radius 3 is 2.71 bits per heavy atom. The number of nitrogens with zero attached hydrogens (tertiary/aromatic N) is 4. The minimum Gasteiger partial charge on any atom is -0.493 e. The number of imidazole rings is 1. The fraction of sp³-hybridized carbons (Fsp3) is 0.190. The van der Waals surface area contributed by atoms with Crippen LogP contribution in [0.2, 0.25) is 0 Å². The SMILES string of the molecule is COc1ccc(CCNc2c(-c3ccccn3)nc3cnccn23)cc1OC. The second-order valence-corrected chi connectivity index (χ2v) is 6.19. The van der Waals surface area contributed by atoms with Crippen LogP contribution >= 0.6 is 0 Å². The molecule has 0 saturated carbocycles. The quantitative estimate of drug-likeness (QED) is 0.533. The molecular formula is C21H21N5O2. The summed E-state index contributed by atoms with van der Waals surface area (Å²) in [6, 6.07) is 11.8. The highest BCUT2D eigenvalue weighted by Gasteiger charge is 2.14. The molecule has 0 unspecified atom stereocenters. The van der Waals surface area contributed by atoms with Crippen molar-refractivity contribution in [3.63, 3.8) is 0 Å². The van der Waals surface area contributed by atoms with Crippen LogP contribution < -0.4 is 14.8 Å². The normalized spacial score (nSPS) is 10.8. The van der Waals surface area contributed by atoms with E-state index in [1.165, 1.54) is 0 Å². The largest absolute Gasteiger partial charge is 0.493 e. The third kappa shape index (κ3) is 3.46. The molecule has 7 nitrogen and oxygen atoms in total. The van der Waals surface area contributed by atoms with Crippen LogP contribution in [0, 0.1) is 0 Å². The van der Waals surface area contributed by atoms with E-state index in [1.54, 1.807) is 32.8 Å². The Labute approximate surface area is 163 Å². The first-order valence-electron chi connectivity index (χ1n) is 8.98. The van der Waals surface area contributed by atoms with E-state index >= 15 is 0 Å². The molecule has 7 heteroatoms. The van der Waals surface area contributed by atoms with Crippen molar-refractivity contribution in [3.05, 3.63) is 66.7 Å². The van der Waals surface area contributed by atoms with E-state index in [4.69, 9.17) is 14.5 Å². The number of aromatic nitrogens is 4. The van der Waals surface area contributed by atoms with E-state index < -0.39 is 0 Å². The van der Waals surface area contributed by atoms with E-state index in [1.807, 2.05) is 47.0 Å². The van der Waals surface area contributed by atoms with Crippen molar-refractivity contribution >= 4 is 11.5 Å². The highest BCUT2D eigenvalue weighted by Crippen LogP contribution is 2.29. The number of methoxy groups -OCH3 is 2. The first kappa shape index (κ1) is 17.8. The zero-order chi connectivity index (χ0) is 19.3. The molecule has 0 aliphatic rings. The van der Waals surface area contributed by atoms with Gasteiger partial charge in [-0.15, -0.1) is 0 Å². The summed E-state index contributed by atoms with van der Waals surface area (Å²) in [5, 5.41) is 3.51. The molecule has 0 aliphatic carbocycles. The van der Waals surface area contributed by atoms with Gasteiger partial charge in [-0.2, -0.15) is 0 Å². The van der Waals surface area contributed by atoms with E-state index in [0.29, 0.717) is 0 Å². The van der Waals surface area contributed by atoms with Gasteiger partial charge in [-0.3, -0.25) is 14.4 Å². The Morgan fingerprint density at radius 2 is 1.93 bits per heavy atom. The summed E-state index contributed by atoms with van der Waals surface area (Å²) < 4.78 is 12.7. The van der Waals surface area contributed by atoms with Crippen LogP contribution in [-0.2, 0) is 6.42 Å². The number of hydrogen-bond acceptors (Lipinski definition) is 6. The summed E-state index contributed by atoms with van der Waals surface area (Å²) >= 11 is 0. The highest BCUT2D eigenvalue weighted by atomic mass is 16.5. The summed E-state index contributed by atoms with van der Waals surface area (Å²) in [4.78, 5) is 13.3. The summed E-state index contributed by atoms with van der Waals surface area (Å²) in [6.45, 7) is 0.728. The second-order valence-electron chi connectivity index (χ2n) is 6.19. The molecule has 3 heterocycles. The standard InChI is InChI=1S/C21H21N5O2/c1-27-17-7-6-15(13-18(17)28-2)8-10-24-21-20(16-5-3-4-9-23-16)25-19-14-22-11-12-26(19)21/h3-7,9,11-14,24H,8,10H2,1-2H3.